The quantitative estimate of drug-likeness (QED) is 0.825. The molecule has 0 unspecified atom stereocenters. The van der Waals surface area contributed by atoms with E-state index in [0.717, 1.165) is 6.07 Å². The van der Waals surface area contributed by atoms with Gasteiger partial charge in [-0.2, -0.15) is 0 Å². The maximum atomic E-state index is 13.7. The number of hydrogen-bond acceptors (Lipinski definition) is 5. The van der Waals surface area contributed by atoms with E-state index in [1.54, 1.807) is 18.2 Å². The Labute approximate surface area is 140 Å². The van der Waals surface area contributed by atoms with Crippen LogP contribution in [0.4, 0.5) is 4.39 Å². The normalized spacial score (nSPS) is 11.2. The molecule has 24 heavy (non-hydrogen) atoms. The minimum atomic E-state index is -3.91. The van der Waals surface area contributed by atoms with Crippen molar-refractivity contribution >= 4 is 10.0 Å². The van der Waals surface area contributed by atoms with Crippen molar-refractivity contribution in [3.8, 4) is 17.2 Å². The summed E-state index contributed by atoms with van der Waals surface area (Å²) in [6, 6.07) is 8.55. The maximum absolute atomic E-state index is 13.7. The molecule has 2 aromatic carbocycles. The van der Waals surface area contributed by atoms with Crippen molar-refractivity contribution < 1.29 is 27.0 Å². The highest BCUT2D eigenvalue weighted by molar-refractivity contribution is 7.89. The lowest BCUT2D eigenvalue weighted by Crippen LogP contribution is -2.24. The fraction of sp³-hybridized carbons (Fsp3) is 0.250. The van der Waals surface area contributed by atoms with Crippen LogP contribution in [0.15, 0.2) is 41.3 Å². The van der Waals surface area contributed by atoms with Gasteiger partial charge in [0.15, 0.2) is 11.6 Å². The van der Waals surface area contributed by atoms with Crippen LogP contribution < -0.4 is 18.9 Å². The van der Waals surface area contributed by atoms with Gasteiger partial charge in [0.2, 0.25) is 10.0 Å². The Hall–Kier alpha value is -2.32. The molecule has 130 valence electrons. The predicted octanol–water partition coefficient (Wildman–Crippen LogP) is 2.33. The SMILES string of the molecule is COc1ccc(S(=O)(=O)NCc2c(OC)cccc2OC)cc1F. The summed E-state index contributed by atoms with van der Waals surface area (Å²) in [5.41, 5.74) is 0.542. The molecule has 0 fully saturated rings. The van der Waals surface area contributed by atoms with E-state index in [0.29, 0.717) is 17.1 Å². The van der Waals surface area contributed by atoms with Gasteiger partial charge in [-0.25, -0.2) is 17.5 Å². The number of halogens is 1. The van der Waals surface area contributed by atoms with E-state index in [-0.39, 0.29) is 17.2 Å². The lowest BCUT2D eigenvalue weighted by Gasteiger charge is -2.14. The zero-order valence-corrected chi connectivity index (χ0v) is 14.3. The lowest BCUT2D eigenvalue weighted by atomic mass is 10.2. The molecule has 2 rings (SSSR count). The number of sulfonamides is 1. The van der Waals surface area contributed by atoms with Crippen molar-refractivity contribution in [1.29, 1.82) is 0 Å². The second kappa shape index (κ2) is 7.50. The van der Waals surface area contributed by atoms with Crippen LogP contribution in [-0.2, 0) is 16.6 Å². The van der Waals surface area contributed by atoms with Crippen molar-refractivity contribution in [2.75, 3.05) is 21.3 Å². The van der Waals surface area contributed by atoms with Crippen molar-refractivity contribution in [3.05, 3.63) is 47.8 Å². The lowest BCUT2D eigenvalue weighted by molar-refractivity contribution is 0.384. The van der Waals surface area contributed by atoms with Crippen LogP contribution in [0.1, 0.15) is 5.56 Å². The van der Waals surface area contributed by atoms with Crippen LogP contribution in [0.5, 0.6) is 17.2 Å². The molecule has 0 aromatic heterocycles. The molecule has 6 nitrogen and oxygen atoms in total. The van der Waals surface area contributed by atoms with Crippen LogP contribution in [0, 0.1) is 5.82 Å². The predicted molar refractivity (Wildman–Crippen MR) is 86.5 cm³/mol. The van der Waals surface area contributed by atoms with Gasteiger partial charge in [0.25, 0.3) is 0 Å². The van der Waals surface area contributed by atoms with Gasteiger partial charge in [0.05, 0.1) is 31.8 Å². The first-order valence-electron chi connectivity index (χ1n) is 6.96. The highest BCUT2D eigenvalue weighted by Crippen LogP contribution is 2.28. The van der Waals surface area contributed by atoms with Gasteiger partial charge in [-0.3, -0.25) is 0 Å². The van der Waals surface area contributed by atoms with Crippen molar-refractivity contribution in [3.63, 3.8) is 0 Å². The van der Waals surface area contributed by atoms with E-state index in [2.05, 4.69) is 4.72 Å². The summed E-state index contributed by atoms with van der Waals surface area (Å²) in [7, 11) is 0.347. The third-order valence-corrected chi connectivity index (χ3v) is 4.80. The minimum Gasteiger partial charge on any atom is -0.496 e. The standard InChI is InChI=1S/C16H18FNO5S/c1-21-14-5-4-6-15(22-2)12(14)10-18-24(19,20)11-7-8-16(23-3)13(17)9-11/h4-9,18H,10H2,1-3H3. The summed E-state index contributed by atoms with van der Waals surface area (Å²) in [5, 5.41) is 0. The molecule has 0 aliphatic heterocycles. The third kappa shape index (κ3) is 3.77. The average Bonchev–Trinajstić information content (AvgIpc) is 2.59. The van der Waals surface area contributed by atoms with E-state index in [1.807, 2.05) is 0 Å². The molecule has 0 aliphatic carbocycles. The summed E-state index contributed by atoms with van der Waals surface area (Å²) < 4.78 is 56.1. The number of nitrogens with one attached hydrogen (secondary N) is 1. The minimum absolute atomic E-state index is 0.0275. The first kappa shape index (κ1) is 18.0. The molecule has 0 bridgehead atoms. The fourth-order valence-corrected chi connectivity index (χ4v) is 3.17. The summed E-state index contributed by atoms with van der Waals surface area (Å²) in [6.45, 7) is -0.0663. The highest BCUT2D eigenvalue weighted by Gasteiger charge is 2.19. The first-order chi connectivity index (χ1) is 11.4. The Morgan fingerprint density at radius 2 is 1.54 bits per heavy atom. The van der Waals surface area contributed by atoms with Gasteiger partial charge in [-0.05, 0) is 30.3 Å². The molecule has 0 spiro atoms. The largest absolute Gasteiger partial charge is 0.496 e. The van der Waals surface area contributed by atoms with Gasteiger partial charge in [0, 0.05) is 6.54 Å². The Morgan fingerprint density at radius 1 is 0.958 bits per heavy atom. The summed E-state index contributed by atoms with van der Waals surface area (Å²) >= 11 is 0. The molecule has 0 heterocycles. The molecule has 0 saturated carbocycles. The number of benzene rings is 2. The number of methoxy groups -OCH3 is 3. The molecule has 1 N–H and O–H groups in total. The molecule has 0 aliphatic rings. The van der Waals surface area contributed by atoms with E-state index in [4.69, 9.17) is 14.2 Å². The van der Waals surface area contributed by atoms with Crippen molar-refractivity contribution in [2.24, 2.45) is 0 Å². The van der Waals surface area contributed by atoms with Gasteiger partial charge in [-0.1, -0.05) is 6.07 Å². The first-order valence-corrected chi connectivity index (χ1v) is 8.44. The van der Waals surface area contributed by atoms with Crippen LogP contribution in [0.25, 0.3) is 0 Å². The van der Waals surface area contributed by atoms with Gasteiger partial charge in [-0.15, -0.1) is 0 Å². The van der Waals surface area contributed by atoms with Gasteiger partial charge < -0.3 is 14.2 Å². The zero-order chi connectivity index (χ0) is 17.7. The molecule has 8 heteroatoms. The Morgan fingerprint density at radius 3 is 2.04 bits per heavy atom. The second-order valence-corrected chi connectivity index (χ2v) is 6.53. The van der Waals surface area contributed by atoms with Crippen molar-refractivity contribution in [2.45, 2.75) is 11.4 Å². The Bertz CT molecular complexity index is 801. The van der Waals surface area contributed by atoms with Gasteiger partial charge in [0.1, 0.15) is 11.5 Å². The second-order valence-electron chi connectivity index (χ2n) is 4.76. The van der Waals surface area contributed by atoms with Crippen LogP contribution in [0.3, 0.4) is 0 Å². The van der Waals surface area contributed by atoms with E-state index in [1.165, 1.54) is 33.5 Å². The maximum Gasteiger partial charge on any atom is 0.240 e. The van der Waals surface area contributed by atoms with E-state index < -0.39 is 15.8 Å². The van der Waals surface area contributed by atoms with Crippen LogP contribution >= 0.6 is 0 Å². The van der Waals surface area contributed by atoms with Crippen LogP contribution in [-0.4, -0.2) is 29.7 Å². The molecular formula is C16H18FNO5S. The summed E-state index contributed by atoms with van der Waals surface area (Å²) in [4.78, 5) is -0.199. The molecule has 2 aromatic rings. The topological polar surface area (TPSA) is 73.9 Å². The molecule has 0 atom stereocenters. The number of hydrogen-bond donors (Lipinski definition) is 1. The molecule has 0 amide bonds. The summed E-state index contributed by atoms with van der Waals surface area (Å²) in [5.74, 6) is 0.187. The fourth-order valence-electron chi connectivity index (χ4n) is 2.17. The Kier molecular flexibility index (Phi) is 5.63. The van der Waals surface area contributed by atoms with E-state index >= 15 is 0 Å². The molecule has 0 radical (unpaired) electrons. The number of rotatable bonds is 7. The number of ether oxygens (including phenoxy) is 3. The summed E-state index contributed by atoms with van der Waals surface area (Å²) in [6.07, 6.45) is 0. The monoisotopic (exact) mass is 355 g/mol. The molecular weight excluding hydrogens is 337 g/mol. The highest BCUT2D eigenvalue weighted by atomic mass is 32.2. The molecule has 0 saturated heterocycles. The third-order valence-electron chi connectivity index (χ3n) is 3.40. The Balaban J connectivity index is 2.27. The van der Waals surface area contributed by atoms with Gasteiger partial charge >= 0.3 is 0 Å². The van der Waals surface area contributed by atoms with E-state index in [9.17, 15) is 12.8 Å². The van der Waals surface area contributed by atoms with Crippen LogP contribution in [0.2, 0.25) is 0 Å². The van der Waals surface area contributed by atoms with Crippen molar-refractivity contribution in [1.82, 2.24) is 4.72 Å². The zero-order valence-electron chi connectivity index (χ0n) is 13.5. The smallest absolute Gasteiger partial charge is 0.240 e. The average molecular weight is 355 g/mol.